The van der Waals surface area contributed by atoms with E-state index in [0.29, 0.717) is 5.56 Å². The Bertz CT molecular complexity index is 361. The summed E-state index contributed by atoms with van der Waals surface area (Å²) in [6.07, 6.45) is 0.735. The first kappa shape index (κ1) is 11.7. The van der Waals surface area contributed by atoms with E-state index < -0.39 is 5.82 Å². The first-order valence-corrected chi connectivity index (χ1v) is 4.98. The summed E-state index contributed by atoms with van der Waals surface area (Å²) in [5.41, 5.74) is 0.326. The topological polar surface area (TPSA) is 26.3 Å². The average molecular weight is 210 g/mol. The molecule has 3 heteroatoms. The van der Waals surface area contributed by atoms with Gasteiger partial charge in [0.05, 0.1) is 12.7 Å². The van der Waals surface area contributed by atoms with E-state index in [1.54, 1.807) is 6.07 Å². The van der Waals surface area contributed by atoms with Gasteiger partial charge in [0.25, 0.3) is 0 Å². The van der Waals surface area contributed by atoms with E-state index in [1.165, 1.54) is 19.2 Å². The molecular formula is C12H15FO2. The molecule has 0 aliphatic heterocycles. The number of Topliss-reactive ketones (excluding diaryl/α,β-unsaturated/α-hetero) is 1. The molecule has 1 atom stereocenters. The third kappa shape index (κ3) is 2.35. The second-order valence-electron chi connectivity index (χ2n) is 3.49. The largest absolute Gasteiger partial charge is 0.493 e. The number of hydrogen-bond acceptors (Lipinski definition) is 2. The molecule has 0 aliphatic rings. The molecule has 0 spiro atoms. The van der Waals surface area contributed by atoms with E-state index >= 15 is 0 Å². The van der Waals surface area contributed by atoms with Crippen LogP contribution in [0.25, 0.3) is 0 Å². The number of benzene rings is 1. The van der Waals surface area contributed by atoms with E-state index in [9.17, 15) is 9.18 Å². The van der Waals surface area contributed by atoms with Gasteiger partial charge in [-0.2, -0.15) is 0 Å². The summed E-state index contributed by atoms with van der Waals surface area (Å²) in [5.74, 6) is -0.635. The van der Waals surface area contributed by atoms with Gasteiger partial charge in [0.15, 0.2) is 17.3 Å². The van der Waals surface area contributed by atoms with Crippen LogP contribution in [-0.2, 0) is 0 Å². The average Bonchev–Trinajstić information content (AvgIpc) is 2.26. The van der Waals surface area contributed by atoms with Crippen LogP contribution in [0.5, 0.6) is 5.75 Å². The fraction of sp³-hybridized carbons (Fsp3) is 0.417. The molecule has 1 unspecified atom stereocenters. The number of carbonyl (C=O) groups is 1. The summed E-state index contributed by atoms with van der Waals surface area (Å²) < 4.78 is 18.2. The number of halogens is 1. The van der Waals surface area contributed by atoms with Gasteiger partial charge in [-0.1, -0.05) is 19.9 Å². The summed E-state index contributed by atoms with van der Waals surface area (Å²) in [7, 11) is 1.37. The van der Waals surface area contributed by atoms with Crippen molar-refractivity contribution >= 4 is 5.78 Å². The van der Waals surface area contributed by atoms with Crippen molar-refractivity contribution in [2.24, 2.45) is 5.92 Å². The van der Waals surface area contributed by atoms with Crippen molar-refractivity contribution in [2.45, 2.75) is 20.3 Å². The van der Waals surface area contributed by atoms with Crippen LogP contribution in [0.1, 0.15) is 30.6 Å². The summed E-state index contributed by atoms with van der Waals surface area (Å²) in [5, 5.41) is 0. The summed E-state index contributed by atoms with van der Waals surface area (Å²) in [4.78, 5) is 11.9. The Morgan fingerprint density at radius 1 is 1.53 bits per heavy atom. The number of carbonyl (C=O) groups excluding carboxylic acids is 1. The van der Waals surface area contributed by atoms with Crippen molar-refractivity contribution < 1.29 is 13.9 Å². The van der Waals surface area contributed by atoms with Gasteiger partial charge < -0.3 is 4.74 Å². The van der Waals surface area contributed by atoms with Crippen LogP contribution in [0.2, 0.25) is 0 Å². The van der Waals surface area contributed by atoms with Gasteiger partial charge >= 0.3 is 0 Å². The molecule has 0 amide bonds. The normalized spacial score (nSPS) is 12.3. The lowest BCUT2D eigenvalue weighted by atomic mass is 9.96. The second kappa shape index (κ2) is 4.91. The fourth-order valence-electron chi connectivity index (χ4n) is 1.36. The van der Waals surface area contributed by atoms with E-state index in [1.807, 2.05) is 13.8 Å². The molecule has 0 fully saturated rings. The second-order valence-corrected chi connectivity index (χ2v) is 3.49. The number of ketones is 1. The number of hydrogen-bond donors (Lipinski definition) is 0. The van der Waals surface area contributed by atoms with Gasteiger partial charge in [-0.05, 0) is 18.6 Å². The van der Waals surface area contributed by atoms with E-state index in [4.69, 9.17) is 4.74 Å². The van der Waals surface area contributed by atoms with Crippen LogP contribution < -0.4 is 4.74 Å². The molecule has 0 saturated carbocycles. The van der Waals surface area contributed by atoms with Crippen molar-refractivity contribution in [2.75, 3.05) is 7.11 Å². The van der Waals surface area contributed by atoms with Crippen molar-refractivity contribution in [1.82, 2.24) is 0 Å². The first-order chi connectivity index (χ1) is 7.11. The van der Waals surface area contributed by atoms with Crippen LogP contribution in [0.3, 0.4) is 0 Å². The zero-order valence-corrected chi connectivity index (χ0v) is 9.21. The zero-order valence-electron chi connectivity index (χ0n) is 9.21. The minimum absolute atomic E-state index is 0.0443. The van der Waals surface area contributed by atoms with Crippen molar-refractivity contribution in [3.8, 4) is 5.75 Å². The van der Waals surface area contributed by atoms with E-state index in [-0.39, 0.29) is 17.5 Å². The number of ether oxygens (including phenoxy) is 1. The minimum Gasteiger partial charge on any atom is -0.493 e. The zero-order chi connectivity index (χ0) is 11.4. The molecule has 0 heterocycles. The molecule has 2 nitrogen and oxygen atoms in total. The highest BCUT2D eigenvalue weighted by Crippen LogP contribution is 2.25. The van der Waals surface area contributed by atoms with Crippen molar-refractivity contribution in [1.29, 1.82) is 0 Å². The van der Waals surface area contributed by atoms with Crippen molar-refractivity contribution in [3.05, 3.63) is 29.6 Å². The molecule has 0 bridgehead atoms. The molecule has 1 rings (SSSR count). The standard InChI is InChI=1S/C12H15FO2/c1-4-8(2)11(14)9-6-5-7-10(13)12(9)15-3/h5-8H,4H2,1-3H3. The lowest BCUT2D eigenvalue weighted by molar-refractivity contribution is 0.0923. The first-order valence-electron chi connectivity index (χ1n) is 4.98. The van der Waals surface area contributed by atoms with E-state index in [0.717, 1.165) is 6.42 Å². The molecule has 1 aromatic carbocycles. The summed E-state index contributed by atoms with van der Waals surface area (Å²) in [6.45, 7) is 3.75. The van der Waals surface area contributed by atoms with Gasteiger partial charge in [-0.25, -0.2) is 4.39 Å². The highest BCUT2D eigenvalue weighted by Gasteiger charge is 2.19. The maximum absolute atomic E-state index is 13.3. The molecule has 15 heavy (non-hydrogen) atoms. The van der Waals surface area contributed by atoms with Crippen molar-refractivity contribution in [3.63, 3.8) is 0 Å². The predicted octanol–water partition coefficient (Wildman–Crippen LogP) is 3.06. The molecule has 1 aromatic rings. The Hall–Kier alpha value is -1.38. The smallest absolute Gasteiger partial charge is 0.169 e. The molecule has 0 aliphatic carbocycles. The number of para-hydroxylation sites is 1. The Kier molecular flexibility index (Phi) is 3.83. The monoisotopic (exact) mass is 210 g/mol. The predicted molar refractivity (Wildman–Crippen MR) is 56.7 cm³/mol. The lowest BCUT2D eigenvalue weighted by Crippen LogP contribution is -2.12. The quantitative estimate of drug-likeness (QED) is 0.714. The van der Waals surface area contributed by atoms with Gasteiger partial charge in [0.1, 0.15) is 0 Å². The van der Waals surface area contributed by atoms with Gasteiger partial charge in [-0.15, -0.1) is 0 Å². The van der Waals surface area contributed by atoms with Crippen LogP contribution in [0.4, 0.5) is 4.39 Å². The number of rotatable bonds is 4. The molecule has 0 saturated heterocycles. The highest BCUT2D eigenvalue weighted by molar-refractivity contribution is 6.00. The molecule has 0 aromatic heterocycles. The van der Waals surface area contributed by atoms with Gasteiger partial charge in [-0.3, -0.25) is 4.79 Å². The molecule has 0 N–H and O–H groups in total. The lowest BCUT2D eigenvalue weighted by Gasteiger charge is -2.11. The summed E-state index contributed by atoms with van der Waals surface area (Å²) >= 11 is 0. The molecule has 82 valence electrons. The Morgan fingerprint density at radius 2 is 2.20 bits per heavy atom. The minimum atomic E-state index is -0.494. The highest BCUT2D eigenvalue weighted by atomic mass is 19.1. The molecular weight excluding hydrogens is 195 g/mol. The SMILES string of the molecule is CCC(C)C(=O)c1cccc(F)c1OC. The van der Waals surface area contributed by atoms with Crippen LogP contribution in [-0.4, -0.2) is 12.9 Å². The molecule has 0 radical (unpaired) electrons. The Balaban J connectivity index is 3.13. The third-order valence-corrected chi connectivity index (χ3v) is 2.50. The Labute approximate surface area is 89.1 Å². The maximum Gasteiger partial charge on any atom is 0.169 e. The maximum atomic E-state index is 13.3. The Morgan fingerprint density at radius 3 is 2.73 bits per heavy atom. The van der Waals surface area contributed by atoms with Gasteiger partial charge in [0, 0.05) is 5.92 Å². The van der Waals surface area contributed by atoms with Crippen LogP contribution in [0, 0.1) is 11.7 Å². The number of methoxy groups -OCH3 is 1. The third-order valence-electron chi connectivity index (χ3n) is 2.50. The summed E-state index contributed by atoms with van der Waals surface area (Å²) in [6, 6.07) is 4.40. The fourth-order valence-corrected chi connectivity index (χ4v) is 1.36. The van der Waals surface area contributed by atoms with Crippen LogP contribution >= 0.6 is 0 Å². The van der Waals surface area contributed by atoms with Crippen LogP contribution in [0.15, 0.2) is 18.2 Å². The van der Waals surface area contributed by atoms with Gasteiger partial charge in [0.2, 0.25) is 0 Å². The van der Waals surface area contributed by atoms with E-state index in [2.05, 4.69) is 0 Å².